The molecule has 4 aromatic rings. The van der Waals surface area contributed by atoms with Crippen LogP contribution in [0.15, 0.2) is 71.8 Å². The Labute approximate surface area is 128 Å². The topological polar surface area (TPSA) is 17.0 Å². The van der Waals surface area contributed by atoms with Gasteiger partial charge in [0.25, 0.3) is 0 Å². The number of aromatic nitrogens is 1. The predicted octanol–water partition coefficient (Wildman–Crippen LogP) is 4.72. The highest BCUT2D eigenvalue weighted by atomic mass is 16.3. The Balaban J connectivity index is 2.20. The van der Waals surface area contributed by atoms with E-state index in [0.29, 0.717) is 0 Å². The highest BCUT2D eigenvalue weighted by Crippen LogP contribution is 2.37. The molecule has 0 spiro atoms. The van der Waals surface area contributed by atoms with E-state index in [9.17, 15) is 0 Å². The molecule has 0 aliphatic carbocycles. The zero-order valence-electron chi connectivity index (χ0n) is 12.4. The lowest BCUT2D eigenvalue weighted by molar-refractivity contribution is -0.660. The summed E-state index contributed by atoms with van der Waals surface area (Å²) in [6, 6.07) is 18.6. The molecule has 2 aromatic carbocycles. The smallest absolute Gasteiger partial charge is 0.216 e. The van der Waals surface area contributed by atoms with Crippen molar-refractivity contribution in [2.24, 2.45) is 7.05 Å². The van der Waals surface area contributed by atoms with Gasteiger partial charge in [-0.15, -0.1) is 0 Å². The average Bonchev–Trinajstić information content (AvgIpc) is 2.93. The molecule has 0 saturated heterocycles. The summed E-state index contributed by atoms with van der Waals surface area (Å²) in [6.07, 6.45) is 3.93. The van der Waals surface area contributed by atoms with Crippen LogP contribution in [0.5, 0.6) is 0 Å². The molecule has 0 amide bonds. The van der Waals surface area contributed by atoms with E-state index in [-0.39, 0.29) is 0 Å². The van der Waals surface area contributed by atoms with Gasteiger partial charge in [-0.05, 0) is 23.8 Å². The molecule has 22 heavy (non-hydrogen) atoms. The van der Waals surface area contributed by atoms with Crippen LogP contribution in [-0.4, -0.2) is 0 Å². The molecule has 0 N–H and O–H groups in total. The number of rotatable bonds is 2. The highest BCUT2D eigenvalue weighted by molar-refractivity contribution is 6.10. The lowest BCUT2D eigenvalue weighted by atomic mass is 9.99. The van der Waals surface area contributed by atoms with E-state index in [1.165, 1.54) is 0 Å². The summed E-state index contributed by atoms with van der Waals surface area (Å²) in [4.78, 5) is 0. The minimum absolute atomic E-state index is 0.915. The quantitative estimate of drug-likeness (QED) is 0.487. The molecule has 2 nitrogen and oxygen atoms in total. The maximum Gasteiger partial charge on any atom is 0.216 e. The van der Waals surface area contributed by atoms with Crippen LogP contribution in [0.1, 0.15) is 5.56 Å². The zero-order chi connectivity index (χ0) is 15.1. The third-order valence-corrected chi connectivity index (χ3v) is 4.11. The number of aryl methyl sites for hydroxylation is 1. The molecule has 4 rings (SSSR count). The van der Waals surface area contributed by atoms with Gasteiger partial charge < -0.3 is 4.42 Å². The first-order chi connectivity index (χ1) is 10.8. The summed E-state index contributed by atoms with van der Waals surface area (Å²) in [6.45, 7) is 3.96. The van der Waals surface area contributed by atoms with Crippen molar-refractivity contribution in [1.29, 1.82) is 0 Å². The van der Waals surface area contributed by atoms with Crippen LogP contribution in [-0.2, 0) is 7.05 Å². The largest absolute Gasteiger partial charge is 0.455 e. The second-order valence-electron chi connectivity index (χ2n) is 5.41. The van der Waals surface area contributed by atoms with Crippen LogP contribution >= 0.6 is 0 Å². The van der Waals surface area contributed by atoms with Gasteiger partial charge in [-0.1, -0.05) is 36.9 Å². The van der Waals surface area contributed by atoms with Crippen molar-refractivity contribution in [3.63, 3.8) is 0 Å². The number of benzene rings is 2. The van der Waals surface area contributed by atoms with Crippen molar-refractivity contribution in [2.45, 2.75) is 0 Å². The van der Waals surface area contributed by atoms with E-state index in [4.69, 9.17) is 4.42 Å². The second-order valence-corrected chi connectivity index (χ2v) is 5.41. The molecule has 0 fully saturated rings. The summed E-state index contributed by atoms with van der Waals surface area (Å²) in [7, 11) is 2.05. The lowest BCUT2D eigenvalue weighted by Gasteiger charge is -2.05. The van der Waals surface area contributed by atoms with Crippen LogP contribution in [0.25, 0.3) is 39.3 Å². The number of para-hydroxylation sites is 1. The number of pyridine rings is 1. The molecular formula is C20H16NO+. The van der Waals surface area contributed by atoms with E-state index in [1.807, 2.05) is 49.7 Å². The number of furan rings is 1. The van der Waals surface area contributed by atoms with Gasteiger partial charge >= 0.3 is 0 Å². The van der Waals surface area contributed by atoms with E-state index in [1.54, 1.807) is 0 Å². The summed E-state index contributed by atoms with van der Waals surface area (Å²) in [5, 5.41) is 2.29. The van der Waals surface area contributed by atoms with Gasteiger partial charge in [0.15, 0.2) is 6.20 Å². The van der Waals surface area contributed by atoms with Gasteiger partial charge in [0, 0.05) is 22.9 Å². The van der Waals surface area contributed by atoms with Crippen molar-refractivity contribution in [3.8, 4) is 11.3 Å². The average molecular weight is 286 g/mol. The number of hydrogen-bond donors (Lipinski definition) is 0. The van der Waals surface area contributed by atoms with Crippen LogP contribution in [0.4, 0.5) is 0 Å². The number of nitrogens with zero attached hydrogens (tertiary/aromatic N) is 1. The molecule has 0 aliphatic rings. The normalized spacial score (nSPS) is 11.1. The Bertz CT molecular complexity index is 1010. The van der Waals surface area contributed by atoms with Crippen LogP contribution in [0, 0.1) is 0 Å². The van der Waals surface area contributed by atoms with Gasteiger partial charge in [-0.2, -0.15) is 0 Å². The fourth-order valence-corrected chi connectivity index (χ4v) is 3.02. The van der Waals surface area contributed by atoms with E-state index in [2.05, 4.69) is 35.4 Å². The first kappa shape index (κ1) is 12.8. The van der Waals surface area contributed by atoms with Crippen molar-refractivity contribution in [3.05, 3.63) is 72.9 Å². The summed E-state index contributed by atoms with van der Waals surface area (Å²) in [5.74, 6) is 0. The van der Waals surface area contributed by atoms with E-state index < -0.39 is 0 Å². The Hall–Kier alpha value is -2.87. The molecule has 2 aromatic heterocycles. The SMILES string of the molecule is C=Cc1ccc2c(oc3ccccc32)c1-c1cccc[n+]1C. The first-order valence-corrected chi connectivity index (χ1v) is 7.31. The molecule has 106 valence electrons. The number of fused-ring (bicyclic) bond motifs is 3. The van der Waals surface area contributed by atoms with Crippen molar-refractivity contribution in [1.82, 2.24) is 0 Å². The van der Waals surface area contributed by atoms with Gasteiger partial charge in [0.05, 0.1) is 5.56 Å². The Morgan fingerprint density at radius 3 is 2.59 bits per heavy atom. The molecule has 0 atom stereocenters. The molecule has 2 heterocycles. The van der Waals surface area contributed by atoms with Crippen LogP contribution in [0.3, 0.4) is 0 Å². The molecule has 0 saturated carbocycles. The summed E-state index contributed by atoms with van der Waals surface area (Å²) < 4.78 is 8.28. The third-order valence-electron chi connectivity index (χ3n) is 4.11. The fourth-order valence-electron chi connectivity index (χ4n) is 3.02. The van der Waals surface area contributed by atoms with Crippen molar-refractivity contribution >= 4 is 28.0 Å². The van der Waals surface area contributed by atoms with Crippen LogP contribution in [0.2, 0.25) is 0 Å². The molecule has 0 aliphatic heterocycles. The first-order valence-electron chi connectivity index (χ1n) is 7.31. The van der Waals surface area contributed by atoms with Gasteiger partial charge in [-0.25, -0.2) is 4.57 Å². The Kier molecular flexibility index (Phi) is 2.83. The fraction of sp³-hybridized carbons (Fsp3) is 0.0500. The Morgan fingerprint density at radius 1 is 0.955 bits per heavy atom. The minimum atomic E-state index is 0.915. The molecule has 0 radical (unpaired) electrons. The number of hydrogen-bond acceptors (Lipinski definition) is 1. The van der Waals surface area contributed by atoms with Crippen molar-refractivity contribution < 1.29 is 8.98 Å². The standard InChI is InChI=1S/C20H16NO/c1-3-14-11-12-16-15-8-4-5-10-18(15)22-20(16)19(14)17-9-6-7-13-21(17)2/h3-13H,1H2,2H3/q+1. The van der Waals surface area contributed by atoms with E-state index in [0.717, 1.165) is 38.8 Å². The minimum Gasteiger partial charge on any atom is -0.455 e. The molecular weight excluding hydrogens is 270 g/mol. The Morgan fingerprint density at radius 2 is 1.77 bits per heavy atom. The summed E-state index contributed by atoms with van der Waals surface area (Å²) >= 11 is 0. The zero-order valence-corrected chi connectivity index (χ0v) is 12.4. The monoisotopic (exact) mass is 286 g/mol. The van der Waals surface area contributed by atoms with E-state index >= 15 is 0 Å². The molecule has 2 heteroatoms. The van der Waals surface area contributed by atoms with Crippen molar-refractivity contribution in [2.75, 3.05) is 0 Å². The highest BCUT2D eigenvalue weighted by Gasteiger charge is 2.20. The second kappa shape index (κ2) is 4.85. The lowest BCUT2D eigenvalue weighted by Crippen LogP contribution is -2.30. The molecule has 0 unspecified atom stereocenters. The maximum absolute atomic E-state index is 6.17. The van der Waals surface area contributed by atoms with Gasteiger partial charge in [-0.3, -0.25) is 0 Å². The predicted molar refractivity (Wildman–Crippen MR) is 90.4 cm³/mol. The summed E-state index contributed by atoms with van der Waals surface area (Å²) in [5.41, 5.74) is 5.11. The van der Waals surface area contributed by atoms with Gasteiger partial charge in [0.1, 0.15) is 18.2 Å². The third kappa shape index (κ3) is 1.77. The van der Waals surface area contributed by atoms with Gasteiger partial charge in [0.2, 0.25) is 5.69 Å². The molecule has 0 bridgehead atoms. The van der Waals surface area contributed by atoms with Crippen LogP contribution < -0.4 is 4.57 Å². The maximum atomic E-state index is 6.17.